The fourth-order valence-electron chi connectivity index (χ4n) is 5.94. The van der Waals surface area contributed by atoms with Gasteiger partial charge in [0.25, 0.3) is 5.91 Å². The lowest BCUT2D eigenvalue weighted by Gasteiger charge is -2.38. The van der Waals surface area contributed by atoms with E-state index in [1.165, 1.54) is 6.07 Å². The van der Waals surface area contributed by atoms with Gasteiger partial charge in [-0.05, 0) is 55.9 Å². The Morgan fingerprint density at radius 1 is 1.07 bits per heavy atom. The number of aliphatic imine (C=N–C) groups is 1. The first kappa shape index (κ1) is 29.2. The molecule has 3 aliphatic heterocycles. The number of carbonyl (C=O) groups is 1. The molecule has 40 heavy (non-hydrogen) atoms. The van der Waals surface area contributed by atoms with Crippen molar-refractivity contribution in [3.8, 4) is 0 Å². The average molecular weight is 584 g/mol. The van der Waals surface area contributed by atoms with Crippen LogP contribution >= 0.6 is 0 Å². The first-order chi connectivity index (χ1) is 18.9. The van der Waals surface area contributed by atoms with E-state index in [-0.39, 0.29) is 36.4 Å². The van der Waals surface area contributed by atoms with E-state index in [2.05, 4.69) is 15.0 Å². The van der Waals surface area contributed by atoms with Crippen molar-refractivity contribution in [3.05, 3.63) is 41.1 Å². The van der Waals surface area contributed by atoms with Gasteiger partial charge in [-0.1, -0.05) is 38.2 Å². The molecule has 0 bridgehead atoms. The molecule has 0 radical (unpaired) electrons. The molecule has 1 aliphatic carbocycles. The molecule has 3 heterocycles. The van der Waals surface area contributed by atoms with Gasteiger partial charge >= 0.3 is 6.18 Å². The topological polar surface area (TPSA) is 106 Å². The quantitative estimate of drug-likeness (QED) is 0.470. The van der Waals surface area contributed by atoms with Gasteiger partial charge in [-0.3, -0.25) is 9.79 Å². The average Bonchev–Trinajstić information content (AvgIpc) is 3.32. The van der Waals surface area contributed by atoms with Crippen LogP contribution in [0.2, 0.25) is 0 Å². The first-order valence-electron chi connectivity index (χ1n) is 13.9. The van der Waals surface area contributed by atoms with Crippen molar-refractivity contribution < 1.29 is 35.9 Å². The molecule has 220 valence electrons. The Morgan fingerprint density at radius 2 is 1.77 bits per heavy atom. The lowest BCUT2D eigenvalue weighted by Crippen LogP contribution is -2.59. The van der Waals surface area contributed by atoms with Crippen molar-refractivity contribution >= 4 is 21.6 Å². The summed E-state index contributed by atoms with van der Waals surface area (Å²) in [7, 11) is -4.48. The zero-order chi connectivity index (χ0) is 28.5. The normalized spacial score (nSPS) is 24.2. The second-order valence-corrected chi connectivity index (χ2v) is 13.3. The minimum Gasteiger partial charge on any atom is -0.381 e. The van der Waals surface area contributed by atoms with Crippen LogP contribution in [-0.4, -0.2) is 58.0 Å². The summed E-state index contributed by atoms with van der Waals surface area (Å²) in [5.41, 5.74) is -1.11. The number of carbonyl (C=O) groups excluding carboxylic acids is 1. The van der Waals surface area contributed by atoms with Gasteiger partial charge < -0.3 is 14.8 Å². The number of rotatable bonds is 8. The maximum Gasteiger partial charge on any atom is 0.417 e. The number of hydrogen-bond donors (Lipinski definition) is 2. The third-order valence-electron chi connectivity index (χ3n) is 8.14. The second-order valence-electron chi connectivity index (χ2n) is 11.6. The minimum atomic E-state index is -4.91. The number of nitrogens with one attached hydrogen (secondary N) is 2. The van der Waals surface area contributed by atoms with Crippen LogP contribution in [0.1, 0.15) is 75.3 Å². The Labute approximate surface area is 232 Å². The highest BCUT2D eigenvalue weighted by molar-refractivity contribution is 7.89. The number of amides is 1. The lowest BCUT2D eigenvalue weighted by molar-refractivity contribution is -0.140. The third kappa shape index (κ3) is 6.61. The van der Waals surface area contributed by atoms with E-state index in [1.807, 2.05) is 0 Å². The van der Waals surface area contributed by atoms with Gasteiger partial charge in [0.15, 0.2) is 0 Å². The van der Waals surface area contributed by atoms with Crippen LogP contribution < -0.4 is 10.0 Å². The summed E-state index contributed by atoms with van der Waals surface area (Å²) in [6.07, 6.45) is 4.01. The summed E-state index contributed by atoms with van der Waals surface area (Å²) >= 11 is 0. The molecule has 1 amide bonds. The Hall–Kier alpha value is -2.28. The van der Waals surface area contributed by atoms with E-state index in [9.17, 15) is 26.4 Å². The number of nitrogens with zero attached hydrogens (tertiary/aromatic N) is 1. The molecule has 1 aromatic carbocycles. The second kappa shape index (κ2) is 11.5. The van der Waals surface area contributed by atoms with Crippen LogP contribution in [0.5, 0.6) is 0 Å². The summed E-state index contributed by atoms with van der Waals surface area (Å²) in [5.74, 6) is -0.663. The van der Waals surface area contributed by atoms with Gasteiger partial charge in [0.05, 0.1) is 29.2 Å². The SMILES string of the molecule is CC1(NS(=O)(=O)c2ccc(C3C=C(C(=O)NC4CCOCC4)N=C3CC3CCCCC3)cc2C(F)(F)F)COC1. The molecule has 0 spiro atoms. The molecule has 5 rings (SSSR count). The molecule has 4 aliphatic rings. The molecule has 0 aromatic heterocycles. The van der Waals surface area contributed by atoms with E-state index in [0.717, 1.165) is 44.2 Å². The molecule has 1 atom stereocenters. The van der Waals surface area contributed by atoms with Crippen LogP contribution in [0.25, 0.3) is 0 Å². The van der Waals surface area contributed by atoms with E-state index < -0.39 is 38.1 Å². The van der Waals surface area contributed by atoms with Crippen molar-refractivity contribution in [2.24, 2.45) is 10.9 Å². The molecule has 8 nitrogen and oxygen atoms in total. The fourth-order valence-corrected chi connectivity index (χ4v) is 7.52. The van der Waals surface area contributed by atoms with E-state index in [1.54, 1.807) is 13.0 Å². The Balaban J connectivity index is 1.46. The molecule has 2 N–H and O–H groups in total. The molecule has 2 saturated heterocycles. The largest absolute Gasteiger partial charge is 0.417 e. The zero-order valence-electron chi connectivity index (χ0n) is 22.6. The van der Waals surface area contributed by atoms with Gasteiger partial charge in [0, 0.05) is 30.9 Å². The first-order valence-corrected chi connectivity index (χ1v) is 15.4. The Kier molecular flexibility index (Phi) is 8.43. The highest BCUT2D eigenvalue weighted by Gasteiger charge is 2.43. The lowest BCUT2D eigenvalue weighted by atomic mass is 9.82. The zero-order valence-corrected chi connectivity index (χ0v) is 23.4. The number of alkyl halides is 3. The molecule has 12 heteroatoms. The summed E-state index contributed by atoms with van der Waals surface area (Å²) in [6, 6.07) is 3.26. The molecule has 3 fully saturated rings. The van der Waals surface area contributed by atoms with Gasteiger partial charge in [0.1, 0.15) is 5.70 Å². The summed E-state index contributed by atoms with van der Waals surface area (Å²) in [4.78, 5) is 16.9. The predicted molar refractivity (Wildman–Crippen MR) is 142 cm³/mol. The third-order valence-corrected chi connectivity index (χ3v) is 9.84. The van der Waals surface area contributed by atoms with E-state index >= 15 is 0 Å². The van der Waals surface area contributed by atoms with Crippen LogP contribution in [0.4, 0.5) is 13.2 Å². The minimum absolute atomic E-state index is 0.0463. The Morgan fingerprint density at radius 3 is 2.40 bits per heavy atom. The highest BCUT2D eigenvalue weighted by atomic mass is 32.2. The molecule has 1 aromatic rings. The van der Waals surface area contributed by atoms with Crippen molar-refractivity contribution in [2.75, 3.05) is 26.4 Å². The molecule has 1 saturated carbocycles. The maximum atomic E-state index is 14.3. The maximum absolute atomic E-state index is 14.3. The number of ether oxygens (including phenoxy) is 2. The van der Waals surface area contributed by atoms with Gasteiger partial charge in [-0.2, -0.15) is 13.2 Å². The van der Waals surface area contributed by atoms with E-state index in [0.29, 0.717) is 44.1 Å². The van der Waals surface area contributed by atoms with Crippen molar-refractivity contribution in [1.82, 2.24) is 10.0 Å². The summed E-state index contributed by atoms with van der Waals surface area (Å²) in [6.45, 7) is 2.86. The summed E-state index contributed by atoms with van der Waals surface area (Å²) < 4.78 is 81.6. The highest BCUT2D eigenvalue weighted by Crippen LogP contribution is 2.40. The standard InChI is InChI=1S/C28H36F3N3O5S/c1-27(16-39-17-27)34-40(36,37)25-8-7-19(14-22(25)28(29,30)31)21-15-24(26(35)32-20-9-11-38-12-10-20)33-23(21)13-18-5-3-2-4-6-18/h7-8,14-15,18,20-21,34H,2-6,9-13,16-17H2,1H3,(H,32,35). The molecule has 1 unspecified atom stereocenters. The van der Waals surface area contributed by atoms with Gasteiger partial charge in [-0.15, -0.1) is 0 Å². The van der Waals surface area contributed by atoms with Crippen LogP contribution in [0.3, 0.4) is 0 Å². The molecular formula is C28H36F3N3O5S. The van der Waals surface area contributed by atoms with Crippen LogP contribution in [0, 0.1) is 5.92 Å². The Bertz CT molecular complexity index is 1280. The van der Waals surface area contributed by atoms with Crippen LogP contribution in [-0.2, 0) is 30.5 Å². The van der Waals surface area contributed by atoms with E-state index in [4.69, 9.17) is 9.47 Å². The monoisotopic (exact) mass is 583 g/mol. The fraction of sp³-hybridized carbons (Fsp3) is 0.643. The van der Waals surface area contributed by atoms with Gasteiger partial charge in [0.2, 0.25) is 10.0 Å². The number of benzene rings is 1. The number of allylic oxidation sites excluding steroid dienone is 1. The number of sulfonamides is 1. The van der Waals surface area contributed by atoms with Gasteiger partial charge in [-0.25, -0.2) is 13.1 Å². The molecular weight excluding hydrogens is 547 g/mol. The predicted octanol–water partition coefficient (Wildman–Crippen LogP) is 4.46. The van der Waals surface area contributed by atoms with Crippen LogP contribution in [0.15, 0.2) is 39.9 Å². The van der Waals surface area contributed by atoms with Crippen molar-refractivity contribution in [2.45, 2.75) is 86.9 Å². The smallest absolute Gasteiger partial charge is 0.381 e. The number of hydrogen-bond acceptors (Lipinski definition) is 6. The van der Waals surface area contributed by atoms with Crippen molar-refractivity contribution in [3.63, 3.8) is 0 Å². The summed E-state index contributed by atoms with van der Waals surface area (Å²) in [5, 5.41) is 2.98. The number of halogens is 3. The van der Waals surface area contributed by atoms with Crippen molar-refractivity contribution in [1.29, 1.82) is 0 Å².